The van der Waals surface area contributed by atoms with Crippen LogP contribution in [-0.2, 0) is 16.0 Å². The van der Waals surface area contributed by atoms with Gasteiger partial charge in [0.15, 0.2) is 0 Å². The molecule has 130 valence electrons. The lowest BCUT2D eigenvalue weighted by molar-refractivity contribution is -0.116. The summed E-state index contributed by atoms with van der Waals surface area (Å²) in [4.78, 5) is 24.4. The zero-order valence-electron chi connectivity index (χ0n) is 13.6. The monoisotopic (exact) mass is 374 g/mol. The molecule has 1 aliphatic rings. The molecular weight excluding hydrogens is 356 g/mol. The van der Waals surface area contributed by atoms with Crippen LogP contribution in [0, 0.1) is 0 Å². The minimum atomic E-state index is -0.138. The van der Waals surface area contributed by atoms with Gasteiger partial charge in [0.1, 0.15) is 0 Å². The number of thioether (sulfide) groups is 1. The number of para-hydroxylation sites is 2. The maximum atomic E-state index is 12.3. The molecule has 2 aromatic rings. The number of aryl methyl sites for hydroxylation is 1. The van der Waals surface area contributed by atoms with Gasteiger partial charge in [0.2, 0.25) is 11.8 Å². The summed E-state index contributed by atoms with van der Waals surface area (Å²) in [6.45, 7) is 0. The van der Waals surface area contributed by atoms with Crippen LogP contribution in [0.2, 0.25) is 5.02 Å². The van der Waals surface area contributed by atoms with E-state index in [0.29, 0.717) is 22.9 Å². The molecule has 6 heteroatoms. The van der Waals surface area contributed by atoms with Gasteiger partial charge in [-0.2, -0.15) is 0 Å². The summed E-state index contributed by atoms with van der Waals surface area (Å²) >= 11 is 7.56. The number of fused-ring (bicyclic) bond motifs is 1. The number of rotatable bonds is 5. The maximum Gasteiger partial charge on any atom is 0.237 e. The first-order valence-corrected chi connectivity index (χ1v) is 9.61. The lowest BCUT2D eigenvalue weighted by atomic mass is 10.1. The fourth-order valence-electron chi connectivity index (χ4n) is 2.72. The predicted molar refractivity (Wildman–Crippen MR) is 104 cm³/mol. The van der Waals surface area contributed by atoms with E-state index in [2.05, 4.69) is 10.6 Å². The molecule has 2 N–H and O–H groups in total. The Kier molecular flexibility index (Phi) is 6.00. The summed E-state index contributed by atoms with van der Waals surface area (Å²) in [6, 6.07) is 15.0. The number of benzene rings is 2. The first kappa shape index (κ1) is 17.8. The molecule has 0 unspecified atom stereocenters. The fraction of sp³-hybridized carbons (Fsp3) is 0.263. The smallest absolute Gasteiger partial charge is 0.237 e. The molecule has 1 atom stereocenters. The molecule has 2 aromatic carbocycles. The number of hydrogen-bond acceptors (Lipinski definition) is 3. The molecule has 4 nitrogen and oxygen atoms in total. The minimum Gasteiger partial charge on any atom is -0.325 e. The van der Waals surface area contributed by atoms with E-state index in [0.717, 1.165) is 24.1 Å². The van der Waals surface area contributed by atoms with Crippen molar-refractivity contribution in [3.05, 3.63) is 59.1 Å². The molecule has 0 aliphatic carbocycles. The van der Waals surface area contributed by atoms with Gasteiger partial charge in [0.25, 0.3) is 0 Å². The third kappa shape index (κ3) is 4.77. The van der Waals surface area contributed by atoms with Crippen molar-refractivity contribution in [3.63, 3.8) is 0 Å². The number of carbonyl (C=O) groups is 2. The van der Waals surface area contributed by atoms with Gasteiger partial charge in [0.05, 0.1) is 16.0 Å². The molecule has 0 fully saturated rings. The molecule has 1 heterocycles. The summed E-state index contributed by atoms with van der Waals surface area (Å²) in [5.41, 5.74) is 2.67. The quantitative estimate of drug-likeness (QED) is 0.817. The van der Waals surface area contributed by atoms with Gasteiger partial charge in [-0.05, 0) is 36.6 Å². The molecule has 25 heavy (non-hydrogen) atoms. The zero-order chi connectivity index (χ0) is 17.6. The average Bonchev–Trinajstić information content (AvgIpc) is 2.76. The van der Waals surface area contributed by atoms with E-state index in [1.54, 1.807) is 12.1 Å². The van der Waals surface area contributed by atoms with E-state index in [1.807, 2.05) is 36.4 Å². The van der Waals surface area contributed by atoms with Gasteiger partial charge >= 0.3 is 0 Å². The van der Waals surface area contributed by atoms with Crippen LogP contribution in [0.25, 0.3) is 0 Å². The van der Waals surface area contributed by atoms with Crippen LogP contribution in [0.4, 0.5) is 11.4 Å². The number of hydrogen-bond donors (Lipinski definition) is 2. The van der Waals surface area contributed by atoms with Gasteiger partial charge in [-0.25, -0.2) is 0 Å². The van der Waals surface area contributed by atoms with E-state index < -0.39 is 0 Å². The van der Waals surface area contributed by atoms with Crippen LogP contribution >= 0.6 is 23.4 Å². The average molecular weight is 375 g/mol. The normalized spacial score (nSPS) is 16.5. The SMILES string of the molecule is O=C(CCS[C@H]1CCc2ccccc2NC1=O)Nc1ccccc1Cl. The van der Waals surface area contributed by atoms with Crippen molar-refractivity contribution >= 4 is 46.6 Å². The number of carbonyl (C=O) groups excluding carboxylic acids is 2. The van der Waals surface area contributed by atoms with Crippen molar-refractivity contribution in [2.75, 3.05) is 16.4 Å². The number of halogens is 1. The first-order valence-electron chi connectivity index (χ1n) is 8.18. The minimum absolute atomic E-state index is 0.0152. The van der Waals surface area contributed by atoms with Gasteiger partial charge in [0, 0.05) is 17.9 Å². The van der Waals surface area contributed by atoms with Crippen LogP contribution < -0.4 is 10.6 Å². The zero-order valence-corrected chi connectivity index (χ0v) is 15.2. The second-order valence-corrected chi connectivity index (χ2v) is 7.54. The van der Waals surface area contributed by atoms with Crippen molar-refractivity contribution in [2.24, 2.45) is 0 Å². The standard InChI is InChI=1S/C19H19ClN2O2S/c20-14-6-2-4-8-16(14)21-18(23)11-12-25-17-10-9-13-5-1-3-7-15(13)22-19(17)24/h1-8,17H,9-12H2,(H,21,23)(H,22,24)/t17-/m0/s1. The Labute approximate surface area is 156 Å². The van der Waals surface area contributed by atoms with Crippen LogP contribution in [0.1, 0.15) is 18.4 Å². The highest BCUT2D eigenvalue weighted by Gasteiger charge is 2.23. The summed E-state index contributed by atoms with van der Waals surface area (Å²) in [6.07, 6.45) is 1.98. The molecule has 0 radical (unpaired) electrons. The lowest BCUT2D eigenvalue weighted by Gasteiger charge is -2.13. The van der Waals surface area contributed by atoms with Crippen LogP contribution in [-0.4, -0.2) is 22.8 Å². The van der Waals surface area contributed by atoms with Crippen molar-refractivity contribution in [1.29, 1.82) is 0 Å². The topological polar surface area (TPSA) is 58.2 Å². The molecule has 0 saturated heterocycles. The molecule has 3 rings (SSSR count). The predicted octanol–water partition coefficient (Wildman–Crippen LogP) is 4.36. The number of amides is 2. The van der Waals surface area contributed by atoms with Gasteiger partial charge in [-0.15, -0.1) is 11.8 Å². The Morgan fingerprint density at radius 1 is 1.20 bits per heavy atom. The highest BCUT2D eigenvalue weighted by molar-refractivity contribution is 8.00. The summed E-state index contributed by atoms with van der Waals surface area (Å²) in [5, 5.41) is 6.16. The van der Waals surface area contributed by atoms with Gasteiger partial charge in [-0.1, -0.05) is 41.9 Å². The highest BCUT2D eigenvalue weighted by Crippen LogP contribution is 2.27. The molecule has 0 aromatic heterocycles. The molecular formula is C19H19ClN2O2S. The molecule has 1 aliphatic heterocycles. The molecule has 0 saturated carbocycles. The van der Waals surface area contributed by atoms with Crippen LogP contribution in [0.15, 0.2) is 48.5 Å². The van der Waals surface area contributed by atoms with Gasteiger partial charge in [-0.3, -0.25) is 9.59 Å². The Balaban J connectivity index is 1.48. The highest BCUT2D eigenvalue weighted by atomic mass is 35.5. The largest absolute Gasteiger partial charge is 0.325 e. The number of nitrogens with one attached hydrogen (secondary N) is 2. The van der Waals surface area contributed by atoms with E-state index in [-0.39, 0.29) is 17.1 Å². The molecule has 2 amide bonds. The van der Waals surface area contributed by atoms with Crippen molar-refractivity contribution < 1.29 is 9.59 Å². The van der Waals surface area contributed by atoms with Crippen LogP contribution in [0.3, 0.4) is 0 Å². The van der Waals surface area contributed by atoms with Crippen molar-refractivity contribution in [1.82, 2.24) is 0 Å². The fourth-order valence-corrected chi connectivity index (χ4v) is 3.98. The molecule has 0 spiro atoms. The Morgan fingerprint density at radius 3 is 2.80 bits per heavy atom. The third-order valence-corrected chi connectivity index (χ3v) is 5.66. The Morgan fingerprint density at radius 2 is 1.96 bits per heavy atom. The summed E-state index contributed by atoms with van der Waals surface area (Å²) < 4.78 is 0. The van der Waals surface area contributed by atoms with Gasteiger partial charge < -0.3 is 10.6 Å². The van der Waals surface area contributed by atoms with E-state index >= 15 is 0 Å². The summed E-state index contributed by atoms with van der Waals surface area (Å²) in [5.74, 6) is 0.504. The van der Waals surface area contributed by atoms with Crippen molar-refractivity contribution in [2.45, 2.75) is 24.5 Å². The van der Waals surface area contributed by atoms with E-state index in [1.165, 1.54) is 11.8 Å². The summed E-state index contributed by atoms with van der Waals surface area (Å²) in [7, 11) is 0. The second-order valence-electron chi connectivity index (χ2n) is 5.82. The van der Waals surface area contributed by atoms with E-state index in [4.69, 9.17) is 11.6 Å². The Bertz CT molecular complexity index is 782. The first-order chi connectivity index (χ1) is 12.1. The van der Waals surface area contributed by atoms with Crippen LogP contribution in [0.5, 0.6) is 0 Å². The maximum absolute atomic E-state index is 12.3. The van der Waals surface area contributed by atoms with E-state index in [9.17, 15) is 9.59 Å². The number of anilines is 2. The molecule has 0 bridgehead atoms. The van der Waals surface area contributed by atoms with Crippen molar-refractivity contribution in [3.8, 4) is 0 Å². The Hall–Kier alpha value is -1.98. The lowest BCUT2D eigenvalue weighted by Crippen LogP contribution is -2.24. The third-order valence-electron chi connectivity index (χ3n) is 4.04. The second kappa shape index (κ2) is 8.41.